The average Bonchev–Trinajstić information content (AvgIpc) is 2.81. The number of rotatable bonds is 3. The summed E-state index contributed by atoms with van der Waals surface area (Å²) in [6.07, 6.45) is -2.85. The first-order valence-electron chi connectivity index (χ1n) is 6.60. The molecule has 5 nitrogen and oxygen atoms in total. The molecule has 1 saturated carbocycles. The Morgan fingerprint density at radius 1 is 1.29 bits per heavy atom. The van der Waals surface area contributed by atoms with Crippen molar-refractivity contribution in [2.75, 3.05) is 0 Å². The molecule has 21 heavy (non-hydrogen) atoms. The summed E-state index contributed by atoms with van der Waals surface area (Å²) in [4.78, 5) is 0. The molecule has 1 heterocycles. The fraction of sp³-hybridized carbons (Fsp3) is 0.818. The van der Waals surface area contributed by atoms with Crippen LogP contribution in [-0.4, -0.2) is 29.4 Å². The summed E-state index contributed by atoms with van der Waals surface area (Å²) < 4.78 is 63.4. The van der Waals surface area contributed by atoms with Crippen molar-refractivity contribution in [1.82, 2.24) is 14.8 Å². The van der Waals surface area contributed by atoms with E-state index in [1.165, 1.54) is 0 Å². The highest BCUT2D eigenvalue weighted by Gasteiger charge is 2.47. The maximum atomic E-state index is 13.2. The van der Waals surface area contributed by atoms with Crippen LogP contribution >= 0.6 is 10.7 Å². The Bertz CT molecular complexity index is 615. The highest BCUT2D eigenvalue weighted by molar-refractivity contribution is 8.13. The summed E-state index contributed by atoms with van der Waals surface area (Å²) in [5.74, 6) is -2.34. The summed E-state index contributed by atoms with van der Waals surface area (Å²) in [5.41, 5.74) is 0. The van der Waals surface area contributed by atoms with Gasteiger partial charge in [0.2, 0.25) is 0 Å². The first-order valence-corrected chi connectivity index (χ1v) is 8.91. The minimum Gasteiger partial charge on any atom is -0.301 e. The topological polar surface area (TPSA) is 64.8 Å². The fourth-order valence-corrected chi connectivity index (χ4v) is 3.85. The van der Waals surface area contributed by atoms with Crippen molar-refractivity contribution in [2.24, 2.45) is 5.92 Å². The molecule has 1 aliphatic carbocycles. The molecule has 0 aliphatic heterocycles. The van der Waals surface area contributed by atoms with Gasteiger partial charge in [-0.3, -0.25) is 0 Å². The normalized spacial score (nSPS) is 24.2. The summed E-state index contributed by atoms with van der Waals surface area (Å²) in [5, 5.41) is 6.67. The monoisotopic (exact) mass is 345 g/mol. The molecule has 1 aromatic heterocycles. The fourth-order valence-electron chi connectivity index (χ4n) is 2.88. The van der Waals surface area contributed by atoms with Crippen molar-refractivity contribution in [3.63, 3.8) is 0 Å². The number of hydrogen-bond acceptors (Lipinski definition) is 4. The molecule has 0 bridgehead atoms. The molecule has 2 unspecified atom stereocenters. The Balaban J connectivity index is 2.47. The van der Waals surface area contributed by atoms with Crippen molar-refractivity contribution in [3.05, 3.63) is 5.82 Å². The second-order valence-electron chi connectivity index (χ2n) is 5.06. The maximum absolute atomic E-state index is 13.2. The number of halogens is 4. The lowest BCUT2D eigenvalue weighted by Gasteiger charge is -2.32. The molecule has 0 amide bonds. The molecule has 0 spiro atoms. The van der Waals surface area contributed by atoms with E-state index in [1.54, 1.807) is 6.92 Å². The number of alkyl halides is 3. The maximum Gasteiger partial charge on any atom is 0.392 e. The van der Waals surface area contributed by atoms with E-state index in [0.29, 0.717) is 19.3 Å². The smallest absolute Gasteiger partial charge is 0.301 e. The van der Waals surface area contributed by atoms with Crippen LogP contribution in [0.15, 0.2) is 5.16 Å². The van der Waals surface area contributed by atoms with E-state index in [1.807, 2.05) is 0 Å². The Morgan fingerprint density at radius 3 is 2.43 bits per heavy atom. The molecule has 120 valence electrons. The van der Waals surface area contributed by atoms with Gasteiger partial charge in [0.15, 0.2) is 0 Å². The van der Waals surface area contributed by atoms with Crippen LogP contribution in [0.4, 0.5) is 13.2 Å². The molecule has 1 aliphatic rings. The molecule has 0 radical (unpaired) electrons. The van der Waals surface area contributed by atoms with E-state index in [9.17, 15) is 21.6 Å². The van der Waals surface area contributed by atoms with Crippen LogP contribution < -0.4 is 0 Å². The molecule has 1 fully saturated rings. The van der Waals surface area contributed by atoms with Gasteiger partial charge in [0.1, 0.15) is 5.82 Å². The molecular weight excluding hydrogens is 331 g/mol. The lowest BCUT2D eigenvalue weighted by molar-refractivity contribution is -0.188. The van der Waals surface area contributed by atoms with Crippen LogP contribution in [0, 0.1) is 5.92 Å². The van der Waals surface area contributed by atoms with E-state index in [4.69, 9.17) is 10.7 Å². The Kier molecular flexibility index (Phi) is 4.53. The van der Waals surface area contributed by atoms with Gasteiger partial charge in [0.25, 0.3) is 14.2 Å². The van der Waals surface area contributed by atoms with Gasteiger partial charge in [-0.05, 0) is 19.8 Å². The van der Waals surface area contributed by atoms with Crippen molar-refractivity contribution >= 4 is 19.7 Å². The second kappa shape index (κ2) is 5.75. The third kappa shape index (κ3) is 3.33. The molecule has 10 heteroatoms. The zero-order valence-corrected chi connectivity index (χ0v) is 12.8. The summed E-state index contributed by atoms with van der Waals surface area (Å²) in [6, 6.07) is 0. The lowest BCUT2D eigenvalue weighted by Crippen LogP contribution is -2.33. The highest BCUT2D eigenvalue weighted by Crippen LogP contribution is 2.46. The molecule has 2 rings (SSSR count). The predicted molar refractivity (Wildman–Crippen MR) is 69.5 cm³/mol. The van der Waals surface area contributed by atoms with E-state index in [2.05, 4.69) is 10.2 Å². The zero-order chi connectivity index (χ0) is 15.8. The van der Waals surface area contributed by atoms with Gasteiger partial charge in [0.05, 0.1) is 5.92 Å². The first kappa shape index (κ1) is 16.5. The van der Waals surface area contributed by atoms with Gasteiger partial charge < -0.3 is 4.57 Å². The summed E-state index contributed by atoms with van der Waals surface area (Å²) in [7, 11) is 1.11. The van der Waals surface area contributed by atoms with Crippen molar-refractivity contribution in [3.8, 4) is 0 Å². The van der Waals surface area contributed by atoms with Gasteiger partial charge in [-0.15, -0.1) is 10.2 Å². The third-order valence-corrected chi connectivity index (χ3v) is 4.95. The van der Waals surface area contributed by atoms with Gasteiger partial charge in [0, 0.05) is 23.1 Å². The van der Waals surface area contributed by atoms with Crippen LogP contribution in [-0.2, 0) is 15.6 Å². The van der Waals surface area contributed by atoms with Crippen molar-refractivity contribution in [2.45, 2.75) is 56.4 Å². The Morgan fingerprint density at radius 2 is 1.90 bits per heavy atom. The molecular formula is C11H15ClF3N3O2S. The van der Waals surface area contributed by atoms with Gasteiger partial charge in [-0.25, -0.2) is 8.42 Å². The van der Waals surface area contributed by atoms with E-state index in [0.717, 1.165) is 4.57 Å². The van der Waals surface area contributed by atoms with Crippen LogP contribution in [0.1, 0.15) is 44.3 Å². The molecule has 2 atom stereocenters. The van der Waals surface area contributed by atoms with Gasteiger partial charge in [-0.2, -0.15) is 13.2 Å². The van der Waals surface area contributed by atoms with Crippen LogP contribution in [0.2, 0.25) is 0 Å². The molecule has 0 N–H and O–H groups in total. The zero-order valence-electron chi connectivity index (χ0n) is 11.3. The molecule has 0 aromatic carbocycles. The van der Waals surface area contributed by atoms with E-state index in [-0.39, 0.29) is 18.8 Å². The number of aromatic nitrogens is 3. The third-order valence-electron chi connectivity index (χ3n) is 3.80. The summed E-state index contributed by atoms with van der Waals surface area (Å²) in [6.45, 7) is 1.76. The van der Waals surface area contributed by atoms with E-state index < -0.39 is 32.2 Å². The number of nitrogens with zero attached hydrogens (tertiary/aromatic N) is 3. The Hall–Kier alpha value is -0.830. The largest absolute Gasteiger partial charge is 0.392 e. The van der Waals surface area contributed by atoms with Crippen molar-refractivity contribution < 1.29 is 21.6 Å². The SMILES string of the molecule is CCn1c(C2CCCCC2C(F)(F)F)nnc1S(=O)(=O)Cl. The van der Waals surface area contributed by atoms with Crippen LogP contribution in [0.3, 0.4) is 0 Å². The summed E-state index contributed by atoms with van der Waals surface area (Å²) >= 11 is 0. The quantitative estimate of drug-likeness (QED) is 0.790. The standard InChI is InChI=1S/C11H15ClF3N3O2S/c1-2-18-9(16-17-10(18)21(12,19)20)7-5-3-4-6-8(7)11(13,14)15/h7-8H,2-6H2,1H3. The van der Waals surface area contributed by atoms with Gasteiger partial charge in [-0.1, -0.05) is 12.8 Å². The molecule has 0 saturated heterocycles. The van der Waals surface area contributed by atoms with Gasteiger partial charge >= 0.3 is 6.18 Å². The average molecular weight is 346 g/mol. The number of hydrogen-bond donors (Lipinski definition) is 0. The predicted octanol–water partition coefficient (Wildman–Crippen LogP) is 3.06. The van der Waals surface area contributed by atoms with E-state index >= 15 is 0 Å². The highest BCUT2D eigenvalue weighted by atomic mass is 35.7. The molecule has 1 aromatic rings. The lowest BCUT2D eigenvalue weighted by atomic mass is 9.78. The van der Waals surface area contributed by atoms with Crippen LogP contribution in [0.25, 0.3) is 0 Å². The second-order valence-corrected chi connectivity index (χ2v) is 7.52. The van der Waals surface area contributed by atoms with Crippen molar-refractivity contribution in [1.29, 1.82) is 0 Å². The van der Waals surface area contributed by atoms with Crippen LogP contribution in [0.5, 0.6) is 0 Å². The minimum absolute atomic E-state index is 0.0215. The minimum atomic E-state index is -4.34. The Labute approximate surface area is 124 Å². The first-order chi connectivity index (χ1) is 9.66.